The lowest BCUT2D eigenvalue weighted by Gasteiger charge is -2.13. The normalized spacial score (nSPS) is 11.6. The van der Waals surface area contributed by atoms with Crippen molar-refractivity contribution in [3.63, 3.8) is 0 Å². The first-order valence-corrected chi connectivity index (χ1v) is 8.42. The van der Waals surface area contributed by atoms with E-state index in [2.05, 4.69) is 10.0 Å². The van der Waals surface area contributed by atoms with Gasteiger partial charge in [0, 0.05) is 25.8 Å². The first-order chi connectivity index (χ1) is 10.0. The molecule has 0 amide bonds. The van der Waals surface area contributed by atoms with Gasteiger partial charge in [-0.05, 0) is 31.7 Å². The molecule has 0 aromatic heterocycles. The Bertz CT molecular complexity index is 532. The quantitative estimate of drug-likeness (QED) is 0.633. The highest BCUT2D eigenvalue weighted by atomic mass is 32.2. The summed E-state index contributed by atoms with van der Waals surface area (Å²) in [6.07, 6.45) is 0.900. The number of hydrogen-bond donors (Lipinski definition) is 2. The average molecular weight is 316 g/mol. The van der Waals surface area contributed by atoms with Crippen LogP contribution >= 0.6 is 0 Å². The summed E-state index contributed by atoms with van der Waals surface area (Å²) in [5.41, 5.74) is 0.820. The molecule has 0 bridgehead atoms. The molecule has 6 nitrogen and oxygen atoms in total. The van der Waals surface area contributed by atoms with Gasteiger partial charge in [-0.2, -0.15) is 0 Å². The molecule has 0 atom stereocenters. The van der Waals surface area contributed by atoms with Crippen LogP contribution in [0.15, 0.2) is 23.1 Å². The van der Waals surface area contributed by atoms with E-state index in [1.54, 1.807) is 18.2 Å². The molecule has 120 valence electrons. The summed E-state index contributed by atoms with van der Waals surface area (Å²) in [6.45, 7) is 3.75. The minimum absolute atomic E-state index is 0.229. The maximum absolute atomic E-state index is 12.2. The molecule has 0 aliphatic heterocycles. The van der Waals surface area contributed by atoms with Gasteiger partial charge in [0.2, 0.25) is 10.0 Å². The molecule has 0 spiro atoms. The van der Waals surface area contributed by atoms with E-state index in [4.69, 9.17) is 9.47 Å². The lowest BCUT2D eigenvalue weighted by atomic mass is 10.2. The van der Waals surface area contributed by atoms with Gasteiger partial charge in [-0.15, -0.1) is 0 Å². The van der Waals surface area contributed by atoms with Gasteiger partial charge >= 0.3 is 0 Å². The van der Waals surface area contributed by atoms with Gasteiger partial charge in [0.15, 0.2) is 0 Å². The van der Waals surface area contributed by atoms with Crippen molar-refractivity contribution < 1.29 is 17.9 Å². The molecule has 0 aliphatic rings. The Balaban J connectivity index is 2.95. The van der Waals surface area contributed by atoms with Crippen LogP contribution in [0, 0.1) is 0 Å². The SMILES string of the molecule is CCCOc1ccc(S(=O)(=O)NCCOC)cc1CNC. The molecule has 0 fully saturated rings. The van der Waals surface area contributed by atoms with Crippen molar-refractivity contribution in [2.24, 2.45) is 0 Å². The van der Waals surface area contributed by atoms with Gasteiger partial charge in [-0.25, -0.2) is 13.1 Å². The topological polar surface area (TPSA) is 76.7 Å². The zero-order chi connectivity index (χ0) is 15.7. The first-order valence-electron chi connectivity index (χ1n) is 6.94. The van der Waals surface area contributed by atoms with Crippen LogP contribution in [0.25, 0.3) is 0 Å². The number of sulfonamides is 1. The highest BCUT2D eigenvalue weighted by Crippen LogP contribution is 2.23. The van der Waals surface area contributed by atoms with Crippen LogP contribution in [0.3, 0.4) is 0 Å². The molecule has 2 N–H and O–H groups in total. The van der Waals surface area contributed by atoms with Crippen molar-refractivity contribution in [2.45, 2.75) is 24.8 Å². The molecule has 7 heteroatoms. The summed E-state index contributed by atoms with van der Waals surface area (Å²) in [4.78, 5) is 0.229. The van der Waals surface area contributed by atoms with E-state index in [9.17, 15) is 8.42 Å². The third-order valence-electron chi connectivity index (χ3n) is 2.77. The maximum atomic E-state index is 12.2. The molecule has 0 aliphatic carbocycles. The Morgan fingerprint density at radius 2 is 2.00 bits per heavy atom. The van der Waals surface area contributed by atoms with Crippen LogP contribution in [-0.4, -0.2) is 42.3 Å². The van der Waals surface area contributed by atoms with Gasteiger partial charge in [-0.3, -0.25) is 0 Å². The second-order valence-corrected chi connectivity index (χ2v) is 6.31. The van der Waals surface area contributed by atoms with E-state index in [0.29, 0.717) is 25.5 Å². The van der Waals surface area contributed by atoms with Crippen LogP contribution in [0.1, 0.15) is 18.9 Å². The Labute approximate surface area is 126 Å². The molecule has 1 aromatic carbocycles. The predicted octanol–water partition coefficient (Wildman–Crippen LogP) is 1.12. The Morgan fingerprint density at radius 3 is 2.62 bits per heavy atom. The molecule has 21 heavy (non-hydrogen) atoms. The molecular formula is C14H24N2O4S. The number of hydrogen-bond acceptors (Lipinski definition) is 5. The van der Waals surface area contributed by atoms with Crippen LogP contribution in [-0.2, 0) is 21.3 Å². The largest absolute Gasteiger partial charge is 0.493 e. The summed E-state index contributed by atoms with van der Waals surface area (Å²) in [5, 5.41) is 3.02. The lowest BCUT2D eigenvalue weighted by molar-refractivity contribution is 0.204. The highest BCUT2D eigenvalue weighted by Gasteiger charge is 2.16. The van der Waals surface area contributed by atoms with E-state index in [0.717, 1.165) is 12.0 Å². The fourth-order valence-electron chi connectivity index (χ4n) is 1.77. The zero-order valence-electron chi connectivity index (χ0n) is 12.8. The van der Waals surface area contributed by atoms with Gasteiger partial charge in [0.05, 0.1) is 18.1 Å². The summed E-state index contributed by atoms with van der Waals surface area (Å²) in [5.74, 6) is 0.710. The van der Waals surface area contributed by atoms with Gasteiger partial charge in [0.1, 0.15) is 5.75 Å². The molecule has 0 saturated carbocycles. The smallest absolute Gasteiger partial charge is 0.240 e. The van der Waals surface area contributed by atoms with E-state index < -0.39 is 10.0 Å². The average Bonchev–Trinajstić information content (AvgIpc) is 2.46. The van der Waals surface area contributed by atoms with Crippen LogP contribution < -0.4 is 14.8 Å². The first kappa shape index (κ1) is 17.9. The predicted molar refractivity (Wildman–Crippen MR) is 82.1 cm³/mol. The second-order valence-electron chi connectivity index (χ2n) is 4.54. The van der Waals surface area contributed by atoms with Gasteiger partial charge in [-0.1, -0.05) is 6.92 Å². The minimum atomic E-state index is -3.52. The molecule has 0 radical (unpaired) electrons. The molecule has 1 aromatic rings. The molecular weight excluding hydrogens is 292 g/mol. The zero-order valence-corrected chi connectivity index (χ0v) is 13.6. The lowest BCUT2D eigenvalue weighted by Crippen LogP contribution is -2.27. The van der Waals surface area contributed by atoms with E-state index in [1.807, 2.05) is 14.0 Å². The Morgan fingerprint density at radius 1 is 1.24 bits per heavy atom. The van der Waals surface area contributed by atoms with Crippen LogP contribution in [0.2, 0.25) is 0 Å². The van der Waals surface area contributed by atoms with Crippen molar-refractivity contribution in [1.29, 1.82) is 0 Å². The monoisotopic (exact) mass is 316 g/mol. The molecule has 0 saturated heterocycles. The van der Waals surface area contributed by atoms with Gasteiger partial charge < -0.3 is 14.8 Å². The van der Waals surface area contributed by atoms with Crippen molar-refractivity contribution in [3.8, 4) is 5.75 Å². The Hall–Kier alpha value is -1.15. The Kier molecular flexibility index (Phi) is 7.66. The molecule has 0 heterocycles. The fourth-order valence-corrected chi connectivity index (χ4v) is 2.83. The highest BCUT2D eigenvalue weighted by molar-refractivity contribution is 7.89. The third-order valence-corrected chi connectivity index (χ3v) is 4.23. The number of rotatable bonds is 10. The number of ether oxygens (including phenoxy) is 2. The van der Waals surface area contributed by atoms with Gasteiger partial charge in [0.25, 0.3) is 0 Å². The van der Waals surface area contributed by atoms with E-state index >= 15 is 0 Å². The van der Waals surface area contributed by atoms with Crippen molar-refractivity contribution in [3.05, 3.63) is 23.8 Å². The van der Waals surface area contributed by atoms with Crippen LogP contribution in [0.4, 0.5) is 0 Å². The summed E-state index contributed by atoms with van der Waals surface area (Å²) >= 11 is 0. The summed E-state index contributed by atoms with van der Waals surface area (Å²) in [7, 11) is -0.190. The number of methoxy groups -OCH3 is 1. The van der Waals surface area contributed by atoms with Crippen LogP contribution in [0.5, 0.6) is 5.75 Å². The summed E-state index contributed by atoms with van der Waals surface area (Å²) < 4.78 is 37.3. The van der Waals surface area contributed by atoms with Crippen molar-refractivity contribution >= 4 is 10.0 Å². The van der Waals surface area contributed by atoms with E-state index in [1.165, 1.54) is 7.11 Å². The van der Waals surface area contributed by atoms with Crippen molar-refractivity contribution in [1.82, 2.24) is 10.0 Å². The molecule has 0 unspecified atom stereocenters. The summed E-state index contributed by atoms with van der Waals surface area (Å²) in [6, 6.07) is 4.89. The minimum Gasteiger partial charge on any atom is -0.493 e. The van der Waals surface area contributed by atoms with Crippen molar-refractivity contribution in [2.75, 3.05) is 33.9 Å². The third kappa shape index (κ3) is 5.62. The number of benzene rings is 1. The second kappa shape index (κ2) is 8.99. The standard InChI is InChI=1S/C14H24N2O4S/c1-4-8-20-14-6-5-13(10-12(14)11-15-2)21(17,18)16-7-9-19-3/h5-6,10,15-16H,4,7-9,11H2,1-3H3. The maximum Gasteiger partial charge on any atom is 0.240 e. The fraction of sp³-hybridized carbons (Fsp3) is 0.571. The number of nitrogens with one attached hydrogen (secondary N) is 2. The van der Waals surface area contributed by atoms with E-state index in [-0.39, 0.29) is 11.4 Å². The molecule has 1 rings (SSSR count).